The Morgan fingerprint density at radius 1 is 0.824 bits per heavy atom. The fourth-order valence-electron chi connectivity index (χ4n) is 2.35. The van der Waals surface area contributed by atoms with Crippen molar-refractivity contribution < 1.29 is 5.11 Å². The molecule has 0 aliphatic carbocycles. The Hall–Kier alpha value is -1.86. The maximum Gasteiger partial charge on any atom is 0.116 e. The molecule has 3 rings (SSSR count). The molecule has 0 aliphatic rings. The van der Waals surface area contributed by atoms with Gasteiger partial charge in [-0.05, 0) is 46.2 Å². The Kier molecular flexibility index (Phi) is 2.34. The van der Waals surface area contributed by atoms with E-state index in [1.807, 2.05) is 24.3 Å². The normalized spacial score (nSPS) is 13.1. The van der Waals surface area contributed by atoms with Crippen molar-refractivity contribution in [3.05, 3.63) is 60.2 Å². The molecule has 0 saturated heterocycles. The lowest BCUT2D eigenvalue weighted by molar-refractivity contribution is 0.107. The minimum atomic E-state index is -0.681. The third kappa shape index (κ3) is 1.69. The molecule has 17 heavy (non-hydrogen) atoms. The minimum Gasteiger partial charge on any atom is -0.228 e. The predicted octanol–water partition coefficient (Wildman–Crippen LogP) is 4.48. The first-order valence-corrected chi connectivity index (χ1v) is 5.83. The van der Waals surface area contributed by atoms with E-state index in [1.165, 1.54) is 10.8 Å². The number of hydrogen-bond acceptors (Lipinski definition) is 0. The molecule has 83 valence electrons. The van der Waals surface area contributed by atoms with Crippen molar-refractivity contribution in [2.24, 2.45) is 0 Å². The summed E-state index contributed by atoms with van der Waals surface area (Å²) in [4.78, 5) is 0. The highest BCUT2D eigenvalue weighted by Crippen LogP contribution is 2.28. The topological polar surface area (TPSA) is 19.9 Å². The molecule has 0 fully saturated rings. The summed E-state index contributed by atoms with van der Waals surface area (Å²) in [7, 11) is 0. The molecule has 0 N–H and O–H groups in total. The molecule has 0 spiro atoms. The number of rotatable bonds is 1. The first kappa shape index (κ1) is 10.3. The molecule has 1 atom stereocenters. The van der Waals surface area contributed by atoms with Crippen molar-refractivity contribution >= 4 is 21.5 Å². The van der Waals surface area contributed by atoms with E-state index in [9.17, 15) is 5.11 Å². The highest BCUT2D eigenvalue weighted by molar-refractivity contribution is 5.99. The second-order valence-electron chi connectivity index (χ2n) is 4.41. The van der Waals surface area contributed by atoms with Crippen LogP contribution in [0.25, 0.3) is 21.5 Å². The van der Waals surface area contributed by atoms with Gasteiger partial charge in [0.05, 0.1) is 0 Å². The third-order valence-electron chi connectivity index (χ3n) is 3.22. The second kappa shape index (κ2) is 3.86. The third-order valence-corrected chi connectivity index (χ3v) is 3.22. The molecule has 1 unspecified atom stereocenters. The summed E-state index contributed by atoms with van der Waals surface area (Å²) < 4.78 is 0. The molecule has 1 heteroatoms. The van der Waals surface area contributed by atoms with Gasteiger partial charge in [0.2, 0.25) is 0 Å². The SMILES string of the molecule is CC([O])c1cccc2cc3ccccc3cc12. The molecule has 3 aromatic rings. The van der Waals surface area contributed by atoms with Crippen molar-refractivity contribution in [2.45, 2.75) is 13.0 Å². The average Bonchev–Trinajstić information content (AvgIpc) is 2.35. The quantitative estimate of drug-likeness (QED) is 0.540. The maximum absolute atomic E-state index is 11.7. The summed E-state index contributed by atoms with van der Waals surface area (Å²) in [6.45, 7) is 1.70. The van der Waals surface area contributed by atoms with E-state index in [4.69, 9.17) is 0 Å². The van der Waals surface area contributed by atoms with Gasteiger partial charge in [0.25, 0.3) is 0 Å². The van der Waals surface area contributed by atoms with Gasteiger partial charge < -0.3 is 0 Å². The summed E-state index contributed by atoms with van der Waals surface area (Å²) in [6.07, 6.45) is -0.681. The first-order chi connectivity index (χ1) is 8.25. The zero-order chi connectivity index (χ0) is 11.8. The van der Waals surface area contributed by atoms with Gasteiger partial charge in [0, 0.05) is 0 Å². The number of fused-ring (bicyclic) bond motifs is 2. The highest BCUT2D eigenvalue weighted by atomic mass is 16.3. The lowest BCUT2D eigenvalue weighted by atomic mass is 9.97. The van der Waals surface area contributed by atoms with Crippen LogP contribution in [0.2, 0.25) is 0 Å². The first-order valence-electron chi connectivity index (χ1n) is 5.83. The van der Waals surface area contributed by atoms with E-state index < -0.39 is 6.10 Å². The van der Waals surface area contributed by atoms with Gasteiger partial charge in [-0.2, -0.15) is 0 Å². The van der Waals surface area contributed by atoms with E-state index in [2.05, 4.69) is 30.3 Å². The molecule has 1 radical (unpaired) electrons. The largest absolute Gasteiger partial charge is 0.228 e. The van der Waals surface area contributed by atoms with E-state index in [-0.39, 0.29) is 0 Å². The molecule has 3 aromatic carbocycles. The minimum absolute atomic E-state index is 0.681. The maximum atomic E-state index is 11.7. The van der Waals surface area contributed by atoms with Gasteiger partial charge in [-0.3, -0.25) is 0 Å². The van der Waals surface area contributed by atoms with Crippen LogP contribution in [0.1, 0.15) is 18.6 Å². The van der Waals surface area contributed by atoms with Crippen molar-refractivity contribution in [3.8, 4) is 0 Å². The molecular formula is C16H13O. The summed E-state index contributed by atoms with van der Waals surface area (Å²) in [5, 5.41) is 16.3. The van der Waals surface area contributed by atoms with E-state index in [0.717, 1.165) is 16.3 Å². The van der Waals surface area contributed by atoms with E-state index in [1.54, 1.807) is 6.92 Å². The van der Waals surface area contributed by atoms with Crippen molar-refractivity contribution in [3.63, 3.8) is 0 Å². The lowest BCUT2D eigenvalue weighted by Gasteiger charge is -2.09. The van der Waals surface area contributed by atoms with Crippen LogP contribution >= 0.6 is 0 Å². The standard InChI is InChI=1S/C16H13O/c1-11(17)15-8-4-7-14-9-12-5-2-3-6-13(12)10-16(14)15/h2-11H,1H3. The predicted molar refractivity (Wildman–Crippen MR) is 70.6 cm³/mol. The van der Waals surface area contributed by atoms with Crippen LogP contribution in [-0.2, 0) is 5.11 Å². The van der Waals surface area contributed by atoms with Crippen molar-refractivity contribution in [2.75, 3.05) is 0 Å². The van der Waals surface area contributed by atoms with Crippen molar-refractivity contribution in [1.29, 1.82) is 0 Å². The zero-order valence-electron chi connectivity index (χ0n) is 9.68. The van der Waals surface area contributed by atoms with Gasteiger partial charge in [0.1, 0.15) is 6.10 Å². The van der Waals surface area contributed by atoms with Crippen molar-refractivity contribution in [1.82, 2.24) is 0 Å². The summed E-state index contributed by atoms with van der Waals surface area (Å²) in [5.41, 5.74) is 0.883. The molecule has 0 saturated carbocycles. The van der Waals surface area contributed by atoms with Crippen LogP contribution in [0.4, 0.5) is 0 Å². The molecule has 0 bridgehead atoms. The second-order valence-corrected chi connectivity index (χ2v) is 4.41. The molecular weight excluding hydrogens is 208 g/mol. The summed E-state index contributed by atoms with van der Waals surface area (Å²) >= 11 is 0. The fourth-order valence-corrected chi connectivity index (χ4v) is 2.35. The Labute approximate surface area is 100 Å². The summed E-state index contributed by atoms with van der Waals surface area (Å²) in [6, 6.07) is 18.5. The highest BCUT2D eigenvalue weighted by Gasteiger charge is 2.08. The van der Waals surface area contributed by atoms with Gasteiger partial charge in [-0.25, -0.2) is 5.11 Å². The lowest BCUT2D eigenvalue weighted by Crippen LogP contribution is -1.90. The van der Waals surface area contributed by atoms with Gasteiger partial charge in [-0.1, -0.05) is 42.5 Å². The van der Waals surface area contributed by atoms with Crippen LogP contribution in [0, 0.1) is 0 Å². The van der Waals surface area contributed by atoms with Crippen LogP contribution in [0.3, 0.4) is 0 Å². The smallest absolute Gasteiger partial charge is 0.116 e. The summed E-state index contributed by atoms with van der Waals surface area (Å²) in [5.74, 6) is 0. The van der Waals surface area contributed by atoms with Crippen LogP contribution in [0.5, 0.6) is 0 Å². The molecule has 0 aromatic heterocycles. The Morgan fingerprint density at radius 3 is 2.18 bits per heavy atom. The monoisotopic (exact) mass is 221 g/mol. The van der Waals surface area contributed by atoms with Crippen LogP contribution in [-0.4, -0.2) is 0 Å². The Balaban J connectivity index is 2.43. The van der Waals surface area contributed by atoms with Crippen LogP contribution < -0.4 is 0 Å². The van der Waals surface area contributed by atoms with Gasteiger partial charge in [-0.15, -0.1) is 0 Å². The number of hydrogen-bond donors (Lipinski definition) is 0. The molecule has 0 aliphatic heterocycles. The Morgan fingerprint density at radius 2 is 1.47 bits per heavy atom. The van der Waals surface area contributed by atoms with E-state index >= 15 is 0 Å². The average molecular weight is 221 g/mol. The van der Waals surface area contributed by atoms with E-state index in [0.29, 0.717) is 0 Å². The molecule has 0 amide bonds. The fraction of sp³-hybridized carbons (Fsp3) is 0.125. The zero-order valence-corrected chi connectivity index (χ0v) is 9.68. The van der Waals surface area contributed by atoms with Gasteiger partial charge >= 0.3 is 0 Å². The molecule has 1 nitrogen and oxygen atoms in total. The molecule has 0 heterocycles. The number of benzene rings is 3. The van der Waals surface area contributed by atoms with Crippen LogP contribution in [0.15, 0.2) is 54.6 Å². The van der Waals surface area contributed by atoms with Gasteiger partial charge in [0.15, 0.2) is 0 Å². The Bertz CT molecular complexity index is 683.